The first kappa shape index (κ1) is 18.6. The molecule has 148 valence electrons. The Balaban J connectivity index is 1.26. The maximum atomic E-state index is 12.1. The second kappa shape index (κ2) is 8.09. The van der Waals surface area contributed by atoms with E-state index in [2.05, 4.69) is 16.5 Å². The van der Waals surface area contributed by atoms with Gasteiger partial charge in [-0.05, 0) is 63.8 Å². The Hall–Kier alpha value is -2.76. The fourth-order valence-electron chi connectivity index (χ4n) is 3.89. The van der Waals surface area contributed by atoms with Crippen LogP contribution in [0.25, 0.3) is 11.0 Å². The van der Waals surface area contributed by atoms with E-state index in [9.17, 15) is 4.79 Å². The number of benzene rings is 1. The Bertz CT molecular complexity index is 986. The van der Waals surface area contributed by atoms with Gasteiger partial charge in [0.1, 0.15) is 17.1 Å². The molecule has 0 saturated heterocycles. The van der Waals surface area contributed by atoms with Crippen molar-refractivity contribution in [2.75, 3.05) is 13.2 Å². The lowest BCUT2D eigenvalue weighted by Crippen LogP contribution is -2.30. The minimum absolute atomic E-state index is 0.0193. The first-order valence-corrected chi connectivity index (χ1v) is 10.0. The standard InChI is InChI=1S/C22H27N3O3/c1-15-12-16(2)25(24-15)11-5-10-23-22(26)14-27-17-8-9-21-19(13-17)18-6-3-4-7-20(18)28-21/h8-9,12-13H,3-7,10-11,14H2,1-2H3,(H,23,26). The maximum absolute atomic E-state index is 12.1. The molecule has 1 N–H and O–H groups in total. The summed E-state index contributed by atoms with van der Waals surface area (Å²) in [5, 5.41) is 8.46. The van der Waals surface area contributed by atoms with Gasteiger partial charge in [-0.3, -0.25) is 9.48 Å². The van der Waals surface area contributed by atoms with Gasteiger partial charge in [0.05, 0.1) is 5.69 Å². The minimum atomic E-state index is -0.109. The molecule has 6 heteroatoms. The molecule has 28 heavy (non-hydrogen) atoms. The largest absolute Gasteiger partial charge is 0.484 e. The molecule has 0 spiro atoms. The van der Waals surface area contributed by atoms with Crippen molar-refractivity contribution in [3.8, 4) is 5.75 Å². The van der Waals surface area contributed by atoms with Crippen molar-refractivity contribution < 1.29 is 13.9 Å². The number of aromatic nitrogens is 2. The van der Waals surface area contributed by atoms with Crippen molar-refractivity contribution in [2.45, 2.75) is 52.5 Å². The number of rotatable bonds is 7. The molecule has 6 nitrogen and oxygen atoms in total. The van der Waals surface area contributed by atoms with Gasteiger partial charge in [0.15, 0.2) is 6.61 Å². The SMILES string of the molecule is Cc1cc(C)n(CCCNC(=O)COc2ccc3oc4c(c3c2)CCCC4)n1. The third-order valence-corrected chi connectivity index (χ3v) is 5.27. The second-order valence-corrected chi connectivity index (χ2v) is 7.51. The van der Waals surface area contributed by atoms with E-state index >= 15 is 0 Å². The number of hydrogen-bond donors (Lipinski definition) is 1. The topological polar surface area (TPSA) is 69.3 Å². The van der Waals surface area contributed by atoms with Crippen molar-refractivity contribution >= 4 is 16.9 Å². The highest BCUT2D eigenvalue weighted by Gasteiger charge is 2.18. The maximum Gasteiger partial charge on any atom is 0.257 e. The predicted molar refractivity (Wildman–Crippen MR) is 108 cm³/mol. The summed E-state index contributed by atoms with van der Waals surface area (Å²) < 4.78 is 13.6. The van der Waals surface area contributed by atoms with E-state index in [1.807, 2.05) is 36.7 Å². The van der Waals surface area contributed by atoms with Crippen LogP contribution in [0.5, 0.6) is 5.75 Å². The summed E-state index contributed by atoms with van der Waals surface area (Å²) in [6.07, 6.45) is 5.30. The third-order valence-electron chi connectivity index (χ3n) is 5.27. The third kappa shape index (κ3) is 4.06. The average Bonchev–Trinajstić information content (AvgIpc) is 3.22. The fourth-order valence-corrected chi connectivity index (χ4v) is 3.89. The summed E-state index contributed by atoms with van der Waals surface area (Å²) in [6.45, 7) is 5.45. The highest BCUT2D eigenvalue weighted by molar-refractivity contribution is 5.84. The molecule has 0 fully saturated rings. The molecule has 2 heterocycles. The molecule has 1 aromatic carbocycles. The minimum Gasteiger partial charge on any atom is -0.484 e. The normalized spacial score (nSPS) is 13.5. The average molecular weight is 381 g/mol. The molecule has 0 saturated carbocycles. The van der Waals surface area contributed by atoms with E-state index in [4.69, 9.17) is 9.15 Å². The van der Waals surface area contributed by atoms with E-state index in [1.54, 1.807) is 0 Å². The van der Waals surface area contributed by atoms with Crippen LogP contribution in [0.2, 0.25) is 0 Å². The van der Waals surface area contributed by atoms with Crippen LogP contribution in [-0.4, -0.2) is 28.8 Å². The van der Waals surface area contributed by atoms with Crippen molar-refractivity contribution in [1.29, 1.82) is 0 Å². The molecule has 0 radical (unpaired) electrons. The molecule has 0 bridgehead atoms. The van der Waals surface area contributed by atoms with Crippen LogP contribution >= 0.6 is 0 Å². The van der Waals surface area contributed by atoms with Crippen molar-refractivity contribution in [2.24, 2.45) is 0 Å². The van der Waals surface area contributed by atoms with Crippen molar-refractivity contribution in [3.63, 3.8) is 0 Å². The van der Waals surface area contributed by atoms with Crippen LogP contribution in [0.1, 0.15) is 42.0 Å². The van der Waals surface area contributed by atoms with Gasteiger partial charge >= 0.3 is 0 Å². The van der Waals surface area contributed by atoms with Crippen LogP contribution in [0.15, 0.2) is 28.7 Å². The predicted octanol–water partition coefficient (Wildman–Crippen LogP) is 3.71. The summed E-state index contributed by atoms with van der Waals surface area (Å²) in [5.41, 5.74) is 4.38. The summed E-state index contributed by atoms with van der Waals surface area (Å²) >= 11 is 0. The zero-order chi connectivity index (χ0) is 19.5. The lowest BCUT2D eigenvalue weighted by Gasteiger charge is -2.10. The molecule has 1 aliphatic carbocycles. The quantitative estimate of drug-likeness (QED) is 0.634. The summed E-state index contributed by atoms with van der Waals surface area (Å²) in [6, 6.07) is 7.86. The van der Waals surface area contributed by atoms with E-state index < -0.39 is 0 Å². The molecule has 2 aromatic heterocycles. The van der Waals surface area contributed by atoms with Gasteiger partial charge in [-0.15, -0.1) is 0 Å². The number of aryl methyl sites for hydroxylation is 5. The number of carbonyl (C=O) groups excluding carboxylic acids is 1. The summed E-state index contributed by atoms with van der Waals surface area (Å²) in [7, 11) is 0. The van der Waals surface area contributed by atoms with Gasteiger partial charge in [0, 0.05) is 36.2 Å². The van der Waals surface area contributed by atoms with E-state index in [0.29, 0.717) is 12.3 Å². The first-order valence-electron chi connectivity index (χ1n) is 10.0. The van der Waals surface area contributed by atoms with Crippen molar-refractivity contribution in [1.82, 2.24) is 15.1 Å². The van der Waals surface area contributed by atoms with Crippen LogP contribution in [0.4, 0.5) is 0 Å². The van der Waals surface area contributed by atoms with Crippen molar-refractivity contribution in [3.05, 3.63) is 47.0 Å². The zero-order valence-electron chi connectivity index (χ0n) is 16.6. The molecule has 0 atom stereocenters. The lowest BCUT2D eigenvalue weighted by molar-refractivity contribution is -0.123. The smallest absolute Gasteiger partial charge is 0.257 e. The van der Waals surface area contributed by atoms with Gasteiger partial charge in [0.2, 0.25) is 0 Å². The second-order valence-electron chi connectivity index (χ2n) is 7.51. The van der Waals surface area contributed by atoms with Gasteiger partial charge in [0.25, 0.3) is 5.91 Å². The van der Waals surface area contributed by atoms with E-state index in [-0.39, 0.29) is 12.5 Å². The Morgan fingerprint density at radius 2 is 2.11 bits per heavy atom. The lowest BCUT2D eigenvalue weighted by atomic mass is 9.96. The highest BCUT2D eigenvalue weighted by atomic mass is 16.5. The van der Waals surface area contributed by atoms with Gasteiger partial charge in [-0.2, -0.15) is 5.10 Å². The van der Waals surface area contributed by atoms with E-state index in [0.717, 1.165) is 53.9 Å². The number of ether oxygens (including phenoxy) is 1. The number of carbonyl (C=O) groups is 1. The summed E-state index contributed by atoms with van der Waals surface area (Å²) in [4.78, 5) is 12.1. The first-order chi connectivity index (χ1) is 13.6. The number of nitrogens with one attached hydrogen (secondary N) is 1. The molecule has 3 aromatic rings. The zero-order valence-corrected chi connectivity index (χ0v) is 16.6. The highest BCUT2D eigenvalue weighted by Crippen LogP contribution is 2.33. The molecule has 0 aliphatic heterocycles. The number of hydrogen-bond acceptors (Lipinski definition) is 4. The molecule has 4 rings (SSSR count). The fraction of sp³-hybridized carbons (Fsp3) is 0.455. The molecule has 0 unspecified atom stereocenters. The van der Waals surface area contributed by atoms with Gasteiger partial charge < -0.3 is 14.5 Å². The Kier molecular flexibility index (Phi) is 5.37. The van der Waals surface area contributed by atoms with Gasteiger partial charge in [-0.25, -0.2) is 0 Å². The number of furan rings is 1. The van der Waals surface area contributed by atoms with E-state index in [1.165, 1.54) is 18.4 Å². The number of nitrogens with zero attached hydrogens (tertiary/aromatic N) is 2. The van der Waals surface area contributed by atoms with Gasteiger partial charge in [-0.1, -0.05) is 0 Å². The molecular formula is C22H27N3O3. The number of amides is 1. The monoisotopic (exact) mass is 381 g/mol. The Morgan fingerprint density at radius 1 is 1.25 bits per heavy atom. The molecular weight excluding hydrogens is 354 g/mol. The molecule has 1 amide bonds. The van der Waals surface area contributed by atoms with Crippen LogP contribution in [0.3, 0.4) is 0 Å². The Labute approximate surface area is 164 Å². The summed E-state index contributed by atoms with van der Waals surface area (Å²) in [5.74, 6) is 1.71. The van der Waals surface area contributed by atoms with Crippen LogP contribution < -0.4 is 10.1 Å². The Morgan fingerprint density at radius 3 is 2.93 bits per heavy atom. The van der Waals surface area contributed by atoms with Crippen LogP contribution in [-0.2, 0) is 24.2 Å². The van der Waals surface area contributed by atoms with Crippen LogP contribution in [0, 0.1) is 13.8 Å². The number of fused-ring (bicyclic) bond motifs is 3. The molecule has 1 aliphatic rings.